The fraction of sp³-hybridized carbons (Fsp3) is 0.600. The van der Waals surface area contributed by atoms with Crippen LogP contribution >= 0.6 is 11.6 Å². The second-order valence-corrected chi connectivity index (χ2v) is 5.33. The quantitative estimate of drug-likeness (QED) is 0.735. The van der Waals surface area contributed by atoms with Crippen LogP contribution in [0, 0.1) is 11.7 Å². The number of benzene rings is 1. The van der Waals surface area contributed by atoms with E-state index in [9.17, 15) is 4.39 Å². The molecule has 0 saturated heterocycles. The van der Waals surface area contributed by atoms with Gasteiger partial charge in [0, 0.05) is 11.1 Å². The number of hydrogen-bond donors (Lipinski definition) is 1. The summed E-state index contributed by atoms with van der Waals surface area (Å²) in [6.45, 7) is 4.39. The molecule has 1 aromatic rings. The van der Waals surface area contributed by atoms with Crippen LogP contribution in [0.5, 0.6) is 0 Å². The summed E-state index contributed by atoms with van der Waals surface area (Å²) in [5.74, 6) is 0.315. The molecule has 2 unspecified atom stereocenters. The maximum atomic E-state index is 13.0. The molecule has 3 heteroatoms. The molecular weight excluding hydrogens is 249 g/mol. The molecule has 1 rings (SSSR count). The average Bonchev–Trinajstić information content (AvgIpc) is 2.34. The van der Waals surface area contributed by atoms with Gasteiger partial charge in [-0.1, -0.05) is 57.2 Å². The Kier molecular flexibility index (Phi) is 6.66. The van der Waals surface area contributed by atoms with E-state index < -0.39 is 0 Å². The zero-order valence-electron chi connectivity index (χ0n) is 11.3. The van der Waals surface area contributed by atoms with Gasteiger partial charge in [-0.25, -0.2) is 4.39 Å². The summed E-state index contributed by atoms with van der Waals surface area (Å²) in [5, 5.41) is 0.438. The minimum Gasteiger partial charge on any atom is -0.324 e. The minimum atomic E-state index is -0.311. The highest BCUT2D eigenvalue weighted by Gasteiger charge is 2.16. The Morgan fingerprint density at radius 3 is 2.61 bits per heavy atom. The van der Waals surface area contributed by atoms with E-state index in [-0.39, 0.29) is 11.9 Å². The van der Waals surface area contributed by atoms with Crippen LogP contribution in [0.4, 0.5) is 4.39 Å². The maximum absolute atomic E-state index is 13.0. The third-order valence-electron chi connectivity index (χ3n) is 3.49. The smallest absolute Gasteiger partial charge is 0.124 e. The Hall–Kier alpha value is -0.600. The topological polar surface area (TPSA) is 26.0 Å². The Morgan fingerprint density at radius 1 is 1.33 bits per heavy atom. The van der Waals surface area contributed by atoms with Gasteiger partial charge in [-0.05, 0) is 30.0 Å². The van der Waals surface area contributed by atoms with E-state index in [4.69, 9.17) is 17.3 Å². The first kappa shape index (κ1) is 15.5. The monoisotopic (exact) mass is 271 g/mol. The summed E-state index contributed by atoms with van der Waals surface area (Å²) < 4.78 is 13.0. The highest BCUT2D eigenvalue weighted by Crippen LogP contribution is 2.29. The molecule has 1 aromatic carbocycles. The lowest BCUT2D eigenvalue weighted by Gasteiger charge is -2.20. The number of halogens is 2. The molecule has 0 aliphatic carbocycles. The Bertz CT molecular complexity index is 368. The first-order valence-electron chi connectivity index (χ1n) is 6.79. The highest BCUT2D eigenvalue weighted by molar-refractivity contribution is 6.31. The molecule has 1 nitrogen and oxygen atoms in total. The van der Waals surface area contributed by atoms with Gasteiger partial charge in [-0.2, -0.15) is 0 Å². The molecule has 0 aliphatic heterocycles. The molecule has 18 heavy (non-hydrogen) atoms. The lowest BCUT2D eigenvalue weighted by Crippen LogP contribution is -2.16. The molecule has 0 aliphatic rings. The summed E-state index contributed by atoms with van der Waals surface area (Å²) in [4.78, 5) is 0. The van der Waals surface area contributed by atoms with Crippen LogP contribution in [-0.4, -0.2) is 0 Å². The van der Waals surface area contributed by atoms with Crippen LogP contribution in [0.15, 0.2) is 18.2 Å². The van der Waals surface area contributed by atoms with Gasteiger partial charge in [-0.15, -0.1) is 0 Å². The molecule has 0 aromatic heterocycles. The van der Waals surface area contributed by atoms with Gasteiger partial charge in [0.15, 0.2) is 0 Å². The number of unbranched alkanes of at least 4 members (excludes halogenated alkanes) is 1. The van der Waals surface area contributed by atoms with Crippen molar-refractivity contribution in [3.63, 3.8) is 0 Å². The number of nitrogens with two attached hydrogens (primary N) is 1. The van der Waals surface area contributed by atoms with Crippen LogP contribution in [0.2, 0.25) is 5.02 Å². The Labute approximate surface area is 115 Å². The van der Waals surface area contributed by atoms with E-state index in [2.05, 4.69) is 13.8 Å². The van der Waals surface area contributed by atoms with Crippen molar-refractivity contribution in [2.75, 3.05) is 0 Å². The lowest BCUT2D eigenvalue weighted by atomic mass is 9.89. The van der Waals surface area contributed by atoms with E-state index in [0.717, 1.165) is 18.4 Å². The Balaban J connectivity index is 2.65. The summed E-state index contributed by atoms with van der Waals surface area (Å²) in [7, 11) is 0. The number of rotatable bonds is 7. The molecule has 0 radical (unpaired) electrons. The van der Waals surface area contributed by atoms with Crippen LogP contribution in [-0.2, 0) is 0 Å². The molecule has 0 amide bonds. The second kappa shape index (κ2) is 7.75. The van der Waals surface area contributed by atoms with Gasteiger partial charge in [0.05, 0.1) is 0 Å². The normalized spacial score (nSPS) is 14.5. The summed E-state index contributed by atoms with van der Waals surface area (Å²) in [6.07, 6.45) is 5.71. The summed E-state index contributed by atoms with van der Waals surface area (Å²) in [5.41, 5.74) is 7.04. The van der Waals surface area contributed by atoms with E-state index in [0.29, 0.717) is 10.9 Å². The van der Waals surface area contributed by atoms with Crippen molar-refractivity contribution in [3.05, 3.63) is 34.6 Å². The third-order valence-corrected chi connectivity index (χ3v) is 3.82. The first-order chi connectivity index (χ1) is 8.58. The highest BCUT2D eigenvalue weighted by atomic mass is 35.5. The van der Waals surface area contributed by atoms with Gasteiger partial charge >= 0.3 is 0 Å². The van der Waals surface area contributed by atoms with Crippen molar-refractivity contribution in [2.24, 2.45) is 11.7 Å². The van der Waals surface area contributed by atoms with E-state index in [1.807, 2.05) is 0 Å². The van der Waals surface area contributed by atoms with Gasteiger partial charge in [-0.3, -0.25) is 0 Å². The molecule has 0 spiro atoms. The van der Waals surface area contributed by atoms with Gasteiger partial charge in [0.2, 0.25) is 0 Å². The molecular formula is C15H23ClFN. The third kappa shape index (κ3) is 4.58. The summed E-state index contributed by atoms with van der Waals surface area (Å²) >= 11 is 6.04. The second-order valence-electron chi connectivity index (χ2n) is 4.92. The molecule has 2 atom stereocenters. The molecule has 0 saturated carbocycles. The largest absolute Gasteiger partial charge is 0.324 e. The van der Waals surface area contributed by atoms with Gasteiger partial charge in [0.1, 0.15) is 5.82 Å². The molecule has 0 heterocycles. The molecule has 2 N–H and O–H groups in total. The fourth-order valence-corrected chi connectivity index (χ4v) is 2.58. The van der Waals surface area contributed by atoms with Crippen LogP contribution < -0.4 is 5.73 Å². The SMILES string of the molecule is CCCCC(CC)CC(N)c1ccc(F)cc1Cl. The lowest BCUT2D eigenvalue weighted by molar-refractivity contribution is 0.388. The van der Waals surface area contributed by atoms with Crippen molar-refractivity contribution < 1.29 is 4.39 Å². The maximum Gasteiger partial charge on any atom is 0.124 e. The van der Waals surface area contributed by atoms with Crippen molar-refractivity contribution in [1.29, 1.82) is 0 Å². The zero-order chi connectivity index (χ0) is 13.5. The minimum absolute atomic E-state index is 0.0973. The van der Waals surface area contributed by atoms with E-state index >= 15 is 0 Å². The number of hydrogen-bond acceptors (Lipinski definition) is 1. The molecule has 0 bridgehead atoms. The van der Waals surface area contributed by atoms with Crippen LogP contribution in [0.1, 0.15) is 57.6 Å². The fourth-order valence-electron chi connectivity index (χ4n) is 2.27. The van der Waals surface area contributed by atoms with Crippen molar-refractivity contribution >= 4 is 11.6 Å². The van der Waals surface area contributed by atoms with E-state index in [1.165, 1.54) is 31.4 Å². The standard InChI is InChI=1S/C15H23ClFN/c1-3-5-6-11(4-2)9-15(18)13-8-7-12(17)10-14(13)16/h7-8,10-11,15H,3-6,9,18H2,1-2H3. The van der Waals surface area contributed by atoms with Crippen LogP contribution in [0.3, 0.4) is 0 Å². The van der Waals surface area contributed by atoms with Gasteiger partial charge < -0.3 is 5.73 Å². The predicted octanol–water partition coefficient (Wildman–Crippen LogP) is 5.09. The van der Waals surface area contributed by atoms with Crippen molar-refractivity contribution in [1.82, 2.24) is 0 Å². The van der Waals surface area contributed by atoms with Crippen LogP contribution in [0.25, 0.3) is 0 Å². The van der Waals surface area contributed by atoms with Crippen molar-refractivity contribution in [3.8, 4) is 0 Å². The molecule has 102 valence electrons. The molecule has 0 fully saturated rings. The predicted molar refractivity (Wildman–Crippen MR) is 76.3 cm³/mol. The van der Waals surface area contributed by atoms with Crippen molar-refractivity contribution in [2.45, 2.75) is 52.0 Å². The summed E-state index contributed by atoms with van der Waals surface area (Å²) in [6, 6.07) is 4.37. The average molecular weight is 272 g/mol. The zero-order valence-corrected chi connectivity index (χ0v) is 12.0. The van der Waals surface area contributed by atoms with Gasteiger partial charge in [0.25, 0.3) is 0 Å². The van der Waals surface area contributed by atoms with E-state index in [1.54, 1.807) is 6.07 Å². The Morgan fingerprint density at radius 2 is 2.06 bits per heavy atom. The first-order valence-corrected chi connectivity index (χ1v) is 7.16.